The summed E-state index contributed by atoms with van der Waals surface area (Å²) in [5.74, 6) is -0.280. The van der Waals surface area contributed by atoms with Crippen molar-refractivity contribution in [2.24, 2.45) is 7.05 Å². The molecule has 19 heavy (non-hydrogen) atoms. The van der Waals surface area contributed by atoms with Gasteiger partial charge in [0.15, 0.2) is 0 Å². The van der Waals surface area contributed by atoms with E-state index >= 15 is 0 Å². The second-order valence-electron chi connectivity index (χ2n) is 4.34. The number of hydrogen-bond acceptors (Lipinski definition) is 3. The number of hydrogen-bond donors (Lipinski definition) is 1. The van der Waals surface area contributed by atoms with E-state index in [1.54, 1.807) is 25.2 Å². The van der Waals surface area contributed by atoms with Crippen LogP contribution in [0.25, 0.3) is 0 Å². The van der Waals surface area contributed by atoms with E-state index in [4.69, 9.17) is 0 Å². The highest BCUT2D eigenvalue weighted by atomic mass is 19.1. The Morgan fingerprint density at radius 3 is 2.74 bits per heavy atom. The first-order valence-electron chi connectivity index (χ1n) is 6.19. The van der Waals surface area contributed by atoms with Crippen LogP contribution in [0.1, 0.15) is 18.5 Å². The third-order valence-electron chi connectivity index (χ3n) is 2.97. The molecule has 1 heterocycles. The maximum atomic E-state index is 13.8. The van der Waals surface area contributed by atoms with Crippen LogP contribution in [0.15, 0.2) is 35.4 Å². The predicted molar refractivity (Wildman–Crippen MR) is 70.3 cm³/mol. The highest BCUT2D eigenvalue weighted by molar-refractivity contribution is 5.21. The number of nitrogens with one attached hydrogen (secondary N) is 1. The van der Waals surface area contributed by atoms with Gasteiger partial charge in [-0.15, -0.1) is 0 Å². The SMILES string of the molecule is CCNC(Cn1ncn(C)c1=O)c1ccccc1F. The topological polar surface area (TPSA) is 51.9 Å². The van der Waals surface area contributed by atoms with E-state index in [2.05, 4.69) is 10.4 Å². The molecule has 1 atom stereocenters. The molecule has 0 spiro atoms. The zero-order valence-corrected chi connectivity index (χ0v) is 11.0. The quantitative estimate of drug-likeness (QED) is 0.879. The van der Waals surface area contributed by atoms with Gasteiger partial charge < -0.3 is 5.32 Å². The normalized spacial score (nSPS) is 12.6. The van der Waals surface area contributed by atoms with E-state index in [0.717, 1.165) is 0 Å². The number of aryl methyl sites for hydroxylation is 1. The van der Waals surface area contributed by atoms with Gasteiger partial charge in [-0.05, 0) is 12.6 Å². The average Bonchev–Trinajstić information content (AvgIpc) is 2.71. The lowest BCUT2D eigenvalue weighted by Gasteiger charge is -2.18. The van der Waals surface area contributed by atoms with Crippen molar-refractivity contribution in [2.75, 3.05) is 6.54 Å². The van der Waals surface area contributed by atoms with E-state index in [-0.39, 0.29) is 17.5 Å². The summed E-state index contributed by atoms with van der Waals surface area (Å²) in [5.41, 5.74) is 0.334. The summed E-state index contributed by atoms with van der Waals surface area (Å²) in [6.45, 7) is 2.92. The zero-order chi connectivity index (χ0) is 13.8. The summed E-state index contributed by atoms with van der Waals surface area (Å²) >= 11 is 0. The molecule has 0 aliphatic carbocycles. The second kappa shape index (κ2) is 5.79. The first-order valence-corrected chi connectivity index (χ1v) is 6.19. The fourth-order valence-electron chi connectivity index (χ4n) is 2.00. The van der Waals surface area contributed by atoms with Gasteiger partial charge in [0.2, 0.25) is 0 Å². The number of rotatable bonds is 5. The van der Waals surface area contributed by atoms with Crippen molar-refractivity contribution < 1.29 is 4.39 Å². The zero-order valence-electron chi connectivity index (χ0n) is 11.0. The fraction of sp³-hybridized carbons (Fsp3) is 0.385. The molecule has 2 rings (SSSR count). The molecule has 0 radical (unpaired) electrons. The van der Waals surface area contributed by atoms with Crippen LogP contribution in [0.4, 0.5) is 4.39 Å². The Morgan fingerprint density at radius 1 is 1.42 bits per heavy atom. The molecular weight excluding hydrogens is 247 g/mol. The lowest BCUT2D eigenvalue weighted by atomic mass is 10.1. The Morgan fingerprint density at radius 2 is 2.16 bits per heavy atom. The molecule has 6 heteroatoms. The van der Waals surface area contributed by atoms with Crippen molar-refractivity contribution in [3.8, 4) is 0 Å². The van der Waals surface area contributed by atoms with Crippen molar-refractivity contribution >= 4 is 0 Å². The Balaban J connectivity index is 2.29. The Kier molecular flexibility index (Phi) is 4.11. The van der Waals surface area contributed by atoms with Gasteiger partial charge in [-0.3, -0.25) is 4.57 Å². The minimum atomic E-state index is -0.280. The summed E-state index contributed by atoms with van der Waals surface area (Å²) in [7, 11) is 1.64. The first-order chi connectivity index (χ1) is 9.13. The molecule has 0 aliphatic heterocycles. The maximum absolute atomic E-state index is 13.8. The molecule has 0 aliphatic rings. The van der Waals surface area contributed by atoms with Crippen LogP contribution >= 0.6 is 0 Å². The summed E-state index contributed by atoms with van der Waals surface area (Å²) in [6, 6.07) is 6.29. The standard InChI is InChI=1S/C13H17FN4O/c1-3-15-12(10-6-4-5-7-11(10)14)8-18-13(19)17(2)9-16-18/h4-7,9,12,15H,3,8H2,1-2H3. The summed E-state index contributed by atoms with van der Waals surface area (Å²) in [4.78, 5) is 11.8. The van der Waals surface area contributed by atoms with Gasteiger partial charge in [0.05, 0.1) is 12.6 Å². The first kappa shape index (κ1) is 13.5. The summed E-state index contributed by atoms with van der Waals surface area (Å²) < 4.78 is 16.5. The summed E-state index contributed by atoms with van der Waals surface area (Å²) in [6.07, 6.45) is 1.45. The van der Waals surface area contributed by atoms with Gasteiger partial charge >= 0.3 is 5.69 Å². The summed E-state index contributed by atoms with van der Waals surface area (Å²) in [5, 5.41) is 7.17. The molecule has 5 nitrogen and oxygen atoms in total. The highest BCUT2D eigenvalue weighted by Crippen LogP contribution is 2.17. The minimum Gasteiger partial charge on any atom is -0.309 e. The fourth-order valence-corrected chi connectivity index (χ4v) is 2.00. The van der Waals surface area contributed by atoms with Gasteiger partial charge in [-0.25, -0.2) is 13.9 Å². The van der Waals surface area contributed by atoms with Crippen molar-refractivity contribution in [2.45, 2.75) is 19.5 Å². The van der Waals surface area contributed by atoms with E-state index in [9.17, 15) is 9.18 Å². The van der Waals surface area contributed by atoms with Crippen LogP contribution in [0.5, 0.6) is 0 Å². The van der Waals surface area contributed by atoms with E-state index < -0.39 is 0 Å². The maximum Gasteiger partial charge on any atom is 0.345 e. The van der Waals surface area contributed by atoms with Gasteiger partial charge in [-0.1, -0.05) is 25.1 Å². The monoisotopic (exact) mass is 264 g/mol. The number of halogens is 1. The molecule has 0 fully saturated rings. The molecule has 2 aromatic rings. The van der Waals surface area contributed by atoms with Crippen molar-refractivity contribution in [3.63, 3.8) is 0 Å². The molecule has 102 valence electrons. The number of aromatic nitrogens is 3. The Bertz CT molecular complexity index is 605. The van der Waals surface area contributed by atoms with Crippen LogP contribution in [0.3, 0.4) is 0 Å². The van der Waals surface area contributed by atoms with Crippen LogP contribution in [0.2, 0.25) is 0 Å². The van der Waals surface area contributed by atoms with Crippen molar-refractivity contribution in [1.82, 2.24) is 19.7 Å². The minimum absolute atomic E-state index is 0.209. The molecule has 1 aromatic heterocycles. The van der Waals surface area contributed by atoms with E-state index in [1.165, 1.54) is 21.6 Å². The van der Waals surface area contributed by atoms with Gasteiger partial charge in [-0.2, -0.15) is 5.10 Å². The van der Waals surface area contributed by atoms with Crippen molar-refractivity contribution in [3.05, 3.63) is 52.5 Å². The number of benzene rings is 1. The molecule has 1 aromatic carbocycles. The number of nitrogens with zero attached hydrogens (tertiary/aromatic N) is 3. The molecule has 0 bridgehead atoms. The molecule has 0 saturated carbocycles. The molecule has 1 N–H and O–H groups in total. The van der Waals surface area contributed by atoms with Crippen molar-refractivity contribution in [1.29, 1.82) is 0 Å². The predicted octanol–water partition coefficient (Wildman–Crippen LogP) is 1.07. The van der Waals surface area contributed by atoms with Gasteiger partial charge in [0, 0.05) is 12.6 Å². The second-order valence-corrected chi connectivity index (χ2v) is 4.34. The third-order valence-corrected chi connectivity index (χ3v) is 2.97. The smallest absolute Gasteiger partial charge is 0.309 e. The lowest BCUT2D eigenvalue weighted by molar-refractivity contribution is 0.422. The largest absolute Gasteiger partial charge is 0.345 e. The molecule has 1 unspecified atom stereocenters. The average molecular weight is 264 g/mol. The highest BCUT2D eigenvalue weighted by Gasteiger charge is 2.16. The lowest BCUT2D eigenvalue weighted by Crippen LogP contribution is -2.32. The molecule has 0 saturated heterocycles. The number of likely N-dealkylation sites (N-methyl/N-ethyl adjacent to an activating group) is 1. The molecule has 0 amide bonds. The van der Waals surface area contributed by atoms with Crippen LogP contribution < -0.4 is 11.0 Å². The van der Waals surface area contributed by atoms with E-state index in [1.807, 2.05) is 6.92 Å². The Hall–Kier alpha value is -1.95. The van der Waals surface area contributed by atoms with Gasteiger partial charge in [0.25, 0.3) is 0 Å². The third kappa shape index (κ3) is 2.90. The molecular formula is C13H17FN4O. The van der Waals surface area contributed by atoms with Crippen LogP contribution in [0, 0.1) is 5.82 Å². The van der Waals surface area contributed by atoms with E-state index in [0.29, 0.717) is 18.7 Å². The van der Waals surface area contributed by atoms with Gasteiger partial charge in [0.1, 0.15) is 12.1 Å². The van der Waals surface area contributed by atoms with Crippen LogP contribution in [-0.2, 0) is 13.6 Å². The Labute approximate surface area is 110 Å². The van der Waals surface area contributed by atoms with Crippen LogP contribution in [-0.4, -0.2) is 20.9 Å².